The maximum absolute atomic E-state index is 9.22. The van der Waals surface area contributed by atoms with Crippen molar-refractivity contribution in [1.29, 1.82) is 0 Å². The molecule has 86 valence electrons. The lowest BCUT2D eigenvalue weighted by Gasteiger charge is -2.20. The Hall–Kier alpha value is -0.0800. The van der Waals surface area contributed by atoms with Gasteiger partial charge in [0, 0.05) is 6.04 Å². The molecular weight excluding hydrogens is 174 g/mol. The largest absolute Gasteiger partial charge is 0.393 e. The number of aliphatic hydroxyl groups excluding tert-OH is 1. The van der Waals surface area contributed by atoms with E-state index in [2.05, 4.69) is 26.1 Å². The van der Waals surface area contributed by atoms with Crippen LogP contribution in [0.25, 0.3) is 0 Å². The molecule has 0 heterocycles. The number of aliphatic hydroxyl groups is 1. The van der Waals surface area contributed by atoms with Gasteiger partial charge >= 0.3 is 0 Å². The monoisotopic (exact) mass is 201 g/mol. The molecule has 0 amide bonds. The lowest BCUT2D eigenvalue weighted by Crippen LogP contribution is -2.32. The minimum Gasteiger partial charge on any atom is -0.393 e. The maximum atomic E-state index is 9.22. The molecule has 3 unspecified atom stereocenters. The highest BCUT2D eigenvalue weighted by Gasteiger charge is 2.09. The number of nitrogens with one attached hydrogen (secondary N) is 1. The molecule has 0 saturated carbocycles. The summed E-state index contributed by atoms with van der Waals surface area (Å²) in [6, 6.07) is 0.663. The normalized spacial score (nSPS) is 17.8. The van der Waals surface area contributed by atoms with Crippen molar-refractivity contribution in [3.05, 3.63) is 0 Å². The van der Waals surface area contributed by atoms with E-state index < -0.39 is 0 Å². The number of hydrogen-bond donors (Lipinski definition) is 2. The Kier molecular flexibility index (Phi) is 8.20. The molecule has 0 aromatic rings. The van der Waals surface area contributed by atoms with Gasteiger partial charge in [0.2, 0.25) is 0 Å². The predicted octanol–water partition coefficient (Wildman–Crippen LogP) is 2.56. The molecule has 0 aromatic heterocycles. The first kappa shape index (κ1) is 13.9. The summed E-state index contributed by atoms with van der Waals surface area (Å²) in [6.07, 6.45) is 4.44. The van der Waals surface area contributed by atoms with Gasteiger partial charge in [-0.15, -0.1) is 0 Å². The Morgan fingerprint density at radius 2 is 1.86 bits per heavy atom. The zero-order chi connectivity index (χ0) is 11.0. The van der Waals surface area contributed by atoms with Crippen LogP contribution in [0.15, 0.2) is 0 Å². The Balaban J connectivity index is 3.56. The van der Waals surface area contributed by atoms with Gasteiger partial charge in [-0.3, -0.25) is 0 Å². The van der Waals surface area contributed by atoms with Crippen molar-refractivity contribution in [2.75, 3.05) is 6.54 Å². The lowest BCUT2D eigenvalue weighted by atomic mass is 10.0. The second kappa shape index (κ2) is 8.25. The molecule has 0 aliphatic rings. The quantitative estimate of drug-likeness (QED) is 0.632. The molecule has 0 aliphatic heterocycles. The predicted molar refractivity (Wildman–Crippen MR) is 62.5 cm³/mol. The third-order valence-corrected chi connectivity index (χ3v) is 2.63. The van der Waals surface area contributed by atoms with Crippen molar-refractivity contribution in [1.82, 2.24) is 5.32 Å². The van der Waals surface area contributed by atoms with Gasteiger partial charge in [0.05, 0.1) is 6.10 Å². The van der Waals surface area contributed by atoms with E-state index in [4.69, 9.17) is 0 Å². The first-order chi connectivity index (χ1) is 6.60. The Morgan fingerprint density at radius 1 is 1.21 bits per heavy atom. The van der Waals surface area contributed by atoms with Gasteiger partial charge < -0.3 is 10.4 Å². The summed E-state index contributed by atoms with van der Waals surface area (Å²) in [6.45, 7) is 9.54. The standard InChI is InChI=1S/C12H27NO/c1-5-7-12(6-2)13-9-10(3)8-11(4)14/h10-14H,5-9H2,1-4H3. The highest BCUT2D eigenvalue weighted by Crippen LogP contribution is 2.06. The second-order valence-corrected chi connectivity index (χ2v) is 4.49. The topological polar surface area (TPSA) is 32.3 Å². The third-order valence-electron chi connectivity index (χ3n) is 2.63. The molecule has 0 aliphatic carbocycles. The van der Waals surface area contributed by atoms with Gasteiger partial charge in [-0.2, -0.15) is 0 Å². The van der Waals surface area contributed by atoms with Gasteiger partial charge in [-0.05, 0) is 38.6 Å². The van der Waals surface area contributed by atoms with E-state index in [1.54, 1.807) is 0 Å². The van der Waals surface area contributed by atoms with E-state index in [0.717, 1.165) is 13.0 Å². The molecule has 0 rings (SSSR count). The Morgan fingerprint density at radius 3 is 2.29 bits per heavy atom. The molecule has 2 nitrogen and oxygen atoms in total. The summed E-state index contributed by atoms with van der Waals surface area (Å²) in [5, 5.41) is 12.8. The molecular formula is C12H27NO. The van der Waals surface area contributed by atoms with Crippen LogP contribution in [0.1, 0.15) is 53.4 Å². The van der Waals surface area contributed by atoms with Crippen molar-refractivity contribution in [2.24, 2.45) is 5.92 Å². The summed E-state index contributed by atoms with van der Waals surface area (Å²) in [5.41, 5.74) is 0. The fourth-order valence-electron chi connectivity index (χ4n) is 1.83. The molecule has 0 saturated heterocycles. The molecule has 3 atom stereocenters. The Labute approximate surface area is 89.1 Å². The van der Waals surface area contributed by atoms with E-state index in [1.807, 2.05) is 6.92 Å². The molecule has 2 heteroatoms. The second-order valence-electron chi connectivity index (χ2n) is 4.49. The highest BCUT2D eigenvalue weighted by molar-refractivity contribution is 4.67. The number of hydrogen-bond acceptors (Lipinski definition) is 2. The van der Waals surface area contributed by atoms with Gasteiger partial charge in [0.1, 0.15) is 0 Å². The molecule has 2 N–H and O–H groups in total. The van der Waals surface area contributed by atoms with E-state index in [1.165, 1.54) is 19.3 Å². The van der Waals surface area contributed by atoms with Gasteiger partial charge in [0.25, 0.3) is 0 Å². The molecule has 0 fully saturated rings. The molecule has 0 aromatic carbocycles. The summed E-state index contributed by atoms with van der Waals surface area (Å²) >= 11 is 0. The average molecular weight is 201 g/mol. The SMILES string of the molecule is CCCC(CC)NCC(C)CC(C)O. The van der Waals surface area contributed by atoms with Crippen molar-refractivity contribution >= 4 is 0 Å². The molecule has 0 radical (unpaired) electrons. The Bertz CT molecular complexity index is 125. The average Bonchev–Trinajstić information content (AvgIpc) is 2.11. The van der Waals surface area contributed by atoms with Gasteiger partial charge in [-0.1, -0.05) is 27.2 Å². The maximum Gasteiger partial charge on any atom is 0.0515 e. The molecule has 14 heavy (non-hydrogen) atoms. The van der Waals surface area contributed by atoms with Crippen molar-refractivity contribution < 1.29 is 5.11 Å². The van der Waals surface area contributed by atoms with E-state index in [9.17, 15) is 5.11 Å². The van der Waals surface area contributed by atoms with Crippen LogP contribution >= 0.6 is 0 Å². The zero-order valence-electron chi connectivity index (χ0n) is 10.2. The first-order valence-electron chi connectivity index (χ1n) is 6.01. The van der Waals surface area contributed by atoms with Gasteiger partial charge in [0.15, 0.2) is 0 Å². The minimum atomic E-state index is -0.168. The summed E-state index contributed by atoms with van der Waals surface area (Å²) in [5.74, 6) is 0.570. The van der Waals surface area contributed by atoms with E-state index in [0.29, 0.717) is 12.0 Å². The van der Waals surface area contributed by atoms with E-state index in [-0.39, 0.29) is 6.10 Å². The van der Waals surface area contributed by atoms with Crippen LogP contribution in [-0.4, -0.2) is 23.8 Å². The third kappa shape index (κ3) is 7.34. The van der Waals surface area contributed by atoms with Crippen LogP contribution < -0.4 is 5.32 Å². The smallest absolute Gasteiger partial charge is 0.0515 e. The highest BCUT2D eigenvalue weighted by atomic mass is 16.3. The van der Waals surface area contributed by atoms with Crippen molar-refractivity contribution in [3.63, 3.8) is 0 Å². The number of rotatable bonds is 8. The van der Waals surface area contributed by atoms with Crippen LogP contribution in [0.4, 0.5) is 0 Å². The summed E-state index contributed by atoms with van der Waals surface area (Å²) in [4.78, 5) is 0. The summed E-state index contributed by atoms with van der Waals surface area (Å²) in [7, 11) is 0. The minimum absolute atomic E-state index is 0.168. The molecule has 0 spiro atoms. The first-order valence-corrected chi connectivity index (χ1v) is 6.01. The fraction of sp³-hybridized carbons (Fsp3) is 1.00. The van der Waals surface area contributed by atoms with E-state index >= 15 is 0 Å². The van der Waals surface area contributed by atoms with Crippen LogP contribution in [0.2, 0.25) is 0 Å². The molecule has 0 bridgehead atoms. The van der Waals surface area contributed by atoms with Crippen LogP contribution in [-0.2, 0) is 0 Å². The van der Waals surface area contributed by atoms with Crippen molar-refractivity contribution in [2.45, 2.75) is 65.5 Å². The lowest BCUT2D eigenvalue weighted by molar-refractivity contribution is 0.162. The van der Waals surface area contributed by atoms with Crippen molar-refractivity contribution in [3.8, 4) is 0 Å². The van der Waals surface area contributed by atoms with Crippen LogP contribution in [0.5, 0.6) is 0 Å². The van der Waals surface area contributed by atoms with Crippen LogP contribution in [0, 0.1) is 5.92 Å². The zero-order valence-corrected chi connectivity index (χ0v) is 10.2. The fourth-order valence-corrected chi connectivity index (χ4v) is 1.83. The van der Waals surface area contributed by atoms with Crippen LogP contribution in [0.3, 0.4) is 0 Å². The van der Waals surface area contributed by atoms with Gasteiger partial charge in [-0.25, -0.2) is 0 Å². The summed E-state index contributed by atoms with van der Waals surface area (Å²) < 4.78 is 0.